The maximum atomic E-state index is 12.1. The number of methoxy groups -OCH3 is 1. The molecule has 8 nitrogen and oxygen atoms in total. The summed E-state index contributed by atoms with van der Waals surface area (Å²) in [6.07, 6.45) is 5.12. The lowest BCUT2D eigenvalue weighted by molar-refractivity contribution is 0.185. The molecular weight excluding hydrogens is 306 g/mol. The van der Waals surface area contributed by atoms with E-state index in [2.05, 4.69) is 14.8 Å². The highest BCUT2D eigenvalue weighted by molar-refractivity contribution is 7.90. The largest absolute Gasteiger partial charge is 0.383 e. The normalized spacial score (nSPS) is 11.8. The first-order chi connectivity index (χ1) is 10.5. The van der Waals surface area contributed by atoms with Crippen LogP contribution in [0.1, 0.15) is 5.56 Å². The molecule has 0 radical (unpaired) electrons. The highest BCUT2D eigenvalue weighted by Gasteiger charge is 2.18. The molecule has 2 heterocycles. The Morgan fingerprint density at radius 2 is 2.05 bits per heavy atom. The fourth-order valence-electron chi connectivity index (χ4n) is 1.73. The molecule has 2 aromatic heterocycles. The molecular formula is C13H19N5O3S. The molecule has 0 unspecified atom stereocenters. The van der Waals surface area contributed by atoms with Crippen molar-refractivity contribution in [3.8, 4) is 0 Å². The van der Waals surface area contributed by atoms with Crippen LogP contribution in [0.15, 0.2) is 36.8 Å². The molecule has 9 heteroatoms. The number of aromatic nitrogens is 3. The molecule has 0 aliphatic heterocycles. The Morgan fingerprint density at radius 1 is 1.32 bits per heavy atom. The minimum atomic E-state index is -3.63. The van der Waals surface area contributed by atoms with E-state index < -0.39 is 10.2 Å². The van der Waals surface area contributed by atoms with Crippen molar-refractivity contribution in [2.75, 3.05) is 32.0 Å². The summed E-state index contributed by atoms with van der Waals surface area (Å²) in [5, 5.41) is 4.20. The number of ether oxygens (including phenoxy) is 1. The topological polar surface area (TPSA) is 89.4 Å². The third-order valence-electron chi connectivity index (χ3n) is 2.99. The number of anilines is 1. The zero-order valence-electron chi connectivity index (χ0n) is 12.5. The van der Waals surface area contributed by atoms with Crippen LogP contribution in [-0.4, -0.2) is 54.8 Å². The Hall–Kier alpha value is -1.97. The second-order valence-corrected chi connectivity index (χ2v) is 6.45. The van der Waals surface area contributed by atoms with Crippen molar-refractivity contribution in [2.45, 2.75) is 6.54 Å². The molecule has 0 aromatic carbocycles. The SMILES string of the molecule is COCCN(C)S(=O)(=O)Nc1ccn(Cc2ccncc2)n1. The van der Waals surface area contributed by atoms with E-state index in [-0.39, 0.29) is 12.4 Å². The van der Waals surface area contributed by atoms with Crippen LogP contribution in [0.2, 0.25) is 0 Å². The first kappa shape index (κ1) is 16.4. The summed E-state index contributed by atoms with van der Waals surface area (Å²) < 4.78 is 34.3. The van der Waals surface area contributed by atoms with E-state index in [1.54, 1.807) is 29.3 Å². The smallest absolute Gasteiger partial charge is 0.302 e. The molecule has 0 amide bonds. The Morgan fingerprint density at radius 3 is 2.73 bits per heavy atom. The molecule has 0 atom stereocenters. The molecule has 2 aromatic rings. The van der Waals surface area contributed by atoms with Gasteiger partial charge in [0.15, 0.2) is 5.82 Å². The molecule has 120 valence electrons. The maximum Gasteiger partial charge on any atom is 0.302 e. The zero-order valence-corrected chi connectivity index (χ0v) is 13.3. The molecule has 0 saturated heterocycles. The van der Waals surface area contributed by atoms with Crippen molar-refractivity contribution in [2.24, 2.45) is 0 Å². The first-order valence-corrected chi connectivity index (χ1v) is 8.10. The van der Waals surface area contributed by atoms with Gasteiger partial charge in [0.05, 0.1) is 13.2 Å². The van der Waals surface area contributed by atoms with E-state index in [1.165, 1.54) is 18.5 Å². The Balaban J connectivity index is 1.99. The number of nitrogens with zero attached hydrogens (tertiary/aromatic N) is 4. The molecule has 0 bridgehead atoms. The van der Waals surface area contributed by atoms with Crippen LogP contribution in [0.25, 0.3) is 0 Å². The van der Waals surface area contributed by atoms with Crippen molar-refractivity contribution < 1.29 is 13.2 Å². The first-order valence-electron chi connectivity index (χ1n) is 6.66. The van der Waals surface area contributed by atoms with Gasteiger partial charge >= 0.3 is 10.2 Å². The summed E-state index contributed by atoms with van der Waals surface area (Å²) in [6, 6.07) is 5.37. The number of pyridine rings is 1. The standard InChI is InChI=1S/C13H19N5O3S/c1-17(9-10-21-2)22(19,20)16-13-5-8-18(15-13)11-12-3-6-14-7-4-12/h3-8H,9-11H2,1-2H3,(H,15,16). The van der Waals surface area contributed by atoms with Gasteiger partial charge in [-0.2, -0.15) is 17.8 Å². The van der Waals surface area contributed by atoms with Gasteiger partial charge in [-0.05, 0) is 17.7 Å². The van der Waals surface area contributed by atoms with Crippen LogP contribution < -0.4 is 4.72 Å². The van der Waals surface area contributed by atoms with Crippen molar-refractivity contribution in [3.63, 3.8) is 0 Å². The Bertz CT molecular complexity index is 687. The van der Waals surface area contributed by atoms with Crippen LogP contribution in [0.4, 0.5) is 5.82 Å². The van der Waals surface area contributed by atoms with E-state index in [4.69, 9.17) is 4.74 Å². The summed E-state index contributed by atoms with van der Waals surface area (Å²) in [5.74, 6) is 0.276. The van der Waals surface area contributed by atoms with Gasteiger partial charge in [0.25, 0.3) is 0 Å². The molecule has 1 N–H and O–H groups in total. The second kappa shape index (κ2) is 7.34. The van der Waals surface area contributed by atoms with Gasteiger partial charge in [0.2, 0.25) is 0 Å². The van der Waals surface area contributed by atoms with Crippen molar-refractivity contribution in [1.29, 1.82) is 0 Å². The van der Waals surface area contributed by atoms with E-state index in [0.717, 1.165) is 5.56 Å². The average Bonchev–Trinajstić information content (AvgIpc) is 2.92. The van der Waals surface area contributed by atoms with Gasteiger partial charge in [-0.25, -0.2) is 0 Å². The van der Waals surface area contributed by atoms with Gasteiger partial charge in [0, 0.05) is 45.4 Å². The second-order valence-electron chi connectivity index (χ2n) is 4.68. The van der Waals surface area contributed by atoms with Crippen molar-refractivity contribution in [3.05, 3.63) is 42.4 Å². The lowest BCUT2D eigenvalue weighted by atomic mass is 10.3. The molecule has 2 rings (SSSR count). The summed E-state index contributed by atoms with van der Waals surface area (Å²) in [7, 11) is -0.624. The summed E-state index contributed by atoms with van der Waals surface area (Å²) in [5.41, 5.74) is 1.03. The highest BCUT2D eigenvalue weighted by Crippen LogP contribution is 2.09. The Kier molecular flexibility index (Phi) is 5.47. The van der Waals surface area contributed by atoms with E-state index in [9.17, 15) is 8.42 Å². The third-order valence-corrected chi connectivity index (χ3v) is 4.46. The molecule has 0 saturated carbocycles. The number of hydrogen-bond acceptors (Lipinski definition) is 5. The van der Waals surface area contributed by atoms with Crippen molar-refractivity contribution >= 4 is 16.0 Å². The number of hydrogen-bond donors (Lipinski definition) is 1. The summed E-state index contributed by atoms with van der Waals surface area (Å²) >= 11 is 0. The molecule has 0 fully saturated rings. The van der Waals surface area contributed by atoms with Crippen LogP contribution in [0, 0.1) is 0 Å². The van der Waals surface area contributed by atoms with Crippen LogP contribution in [0.5, 0.6) is 0 Å². The minimum absolute atomic E-state index is 0.267. The fourth-order valence-corrected chi connectivity index (χ4v) is 2.57. The van der Waals surface area contributed by atoms with Gasteiger partial charge in [0.1, 0.15) is 0 Å². The maximum absolute atomic E-state index is 12.1. The number of rotatable bonds is 8. The average molecular weight is 325 g/mol. The monoisotopic (exact) mass is 325 g/mol. The third kappa shape index (κ3) is 4.52. The van der Waals surface area contributed by atoms with Gasteiger partial charge < -0.3 is 4.74 Å². The molecule has 0 spiro atoms. The van der Waals surface area contributed by atoms with Crippen molar-refractivity contribution in [1.82, 2.24) is 19.1 Å². The molecule has 0 aliphatic rings. The number of nitrogens with one attached hydrogen (secondary N) is 1. The fraction of sp³-hybridized carbons (Fsp3) is 0.385. The number of likely N-dealkylation sites (N-methyl/N-ethyl adjacent to an activating group) is 1. The summed E-state index contributed by atoms with van der Waals surface area (Å²) in [4.78, 5) is 3.95. The van der Waals surface area contributed by atoms with Gasteiger partial charge in [-0.1, -0.05) is 0 Å². The quantitative estimate of drug-likeness (QED) is 0.766. The predicted octanol–water partition coefficient (Wildman–Crippen LogP) is 0.561. The zero-order chi connectivity index (χ0) is 16.0. The lowest BCUT2D eigenvalue weighted by Gasteiger charge is -2.16. The Labute approximate surface area is 129 Å². The van der Waals surface area contributed by atoms with E-state index in [1.807, 2.05) is 12.1 Å². The highest BCUT2D eigenvalue weighted by atomic mass is 32.2. The molecule has 0 aliphatic carbocycles. The predicted molar refractivity (Wildman–Crippen MR) is 82.6 cm³/mol. The van der Waals surface area contributed by atoms with Gasteiger partial charge in [-0.15, -0.1) is 0 Å². The minimum Gasteiger partial charge on any atom is -0.383 e. The van der Waals surface area contributed by atoms with Crippen LogP contribution in [0.3, 0.4) is 0 Å². The van der Waals surface area contributed by atoms with Gasteiger partial charge in [-0.3, -0.25) is 14.4 Å². The van der Waals surface area contributed by atoms with Crippen LogP contribution >= 0.6 is 0 Å². The molecule has 22 heavy (non-hydrogen) atoms. The van der Waals surface area contributed by atoms with E-state index >= 15 is 0 Å². The summed E-state index contributed by atoms with van der Waals surface area (Å²) in [6.45, 7) is 1.14. The van der Waals surface area contributed by atoms with Crippen LogP contribution in [-0.2, 0) is 21.5 Å². The lowest BCUT2D eigenvalue weighted by Crippen LogP contribution is -2.35. The van der Waals surface area contributed by atoms with E-state index in [0.29, 0.717) is 13.2 Å².